The highest BCUT2D eigenvalue weighted by Gasteiger charge is 2.48. The van der Waals surface area contributed by atoms with Gasteiger partial charge in [-0.3, -0.25) is 4.79 Å². The van der Waals surface area contributed by atoms with E-state index in [1.54, 1.807) is 0 Å². The van der Waals surface area contributed by atoms with Crippen LogP contribution in [0.4, 0.5) is 8.78 Å². The highest BCUT2D eigenvalue weighted by Crippen LogP contribution is 2.50. The van der Waals surface area contributed by atoms with E-state index in [0.29, 0.717) is 25.2 Å². The Labute approximate surface area is 139 Å². The van der Waals surface area contributed by atoms with Crippen LogP contribution in [0.3, 0.4) is 0 Å². The van der Waals surface area contributed by atoms with Crippen LogP contribution in [0.5, 0.6) is 0 Å². The first-order valence-electron chi connectivity index (χ1n) is 8.25. The Bertz CT molecular complexity index is 399. The predicted octanol–water partition coefficient (Wildman–Crippen LogP) is 4.74. The van der Waals surface area contributed by atoms with Crippen molar-refractivity contribution in [3.63, 3.8) is 0 Å². The zero-order chi connectivity index (χ0) is 15.9. The molecule has 2 saturated carbocycles. The molecule has 130 valence electrons. The van der Waals surface area contributed by atoms with E-state index < -0.39 is 5.92 Å². The molecule has 0 heterocycles. The van der Waals surface area contributed by atoms with Gasteiger partial charge in [0.05, 0.1) is 0 Å². The van der Waals surface area contributed by atoms with Gasteiger partial charge in [-0.2, -0.15) is 0 Å². The van der Waals surface area contributed by atoms with Gasteiger partial charge in [-0.15, -0.1) is 12.4 Å². The molecule has 0 aromatic heterocycles. The number of carbonyl (C=O) groups excluding carboxylic acids is 1. The third-order valence-electron chi connectivity index (χ3n) is 6.42. The van der Waals surface area contributed by atoms with Crippen LogP contribution < -0.4 is 5.73 Å². The molecule has 0 aromatic carbocycles. The van der Waals surface area contributed by atoms with Crippen LogP contribution >= 0.6 is 12.4 Å². The molecule has 2 rings (SSSR count). The Morgan fingerprint density at radius 3 is 2.09 bits per heavy atom. The SMILES string of the molecule is CC1(C)[C@@H](CCC(=O)C2CCC(F)(F)CC2)CC[C@@]1(C)N.Cl. The molecule has 0 aromatic rings. The molecule has 2 aliphatic carbocycles. The Hall–Kier alpha value is -0.220. The zero-order valence-electron chi connectivity index (χ0n) is 14.0. The van der Waals surface area contributed by atoms with E-state index in [9.17, 15) is 13.6 Å². The van der Waals surface area contributed by atoms with Gasteiger partial charge in [0.2, 0.25) is 5.92 Å². The Morgan fingerprint density at radius 1 is 1.09 bits per heavy atom. The minimum Gasteiger partial charge on any atom is -0.325 e. The average molecular weight is 338 g/mol. The maximum Gasteiger partial charge on any atom is 0.248 e. The number of nitrogens with two attached hydrogens (primary N) is 1. The molecule has 0 spiro atoms. The summed E-state index contributed by atoms with van der Waals surface area (Å²) in [6, 6.07) is 0. The maximum absolute atomic E-state index is 13.1. The summed E-state index contributed by atoms with van der Waals surface area (Å²) in [6.07, 6.45) is 3.90. The monoisotopic (exact) mass is 337 g/mol. The minimum atomic E-state index is -2.55. The third kappa shape index (κ3) is 4.00. The minimum absolute atomic E-state index is 0. The standard InChI is InChI=1S/C17H29F2NO.ClH/c1-15(2)13(8-9-16(15,3)20)4-5-14(21)12-6-10-17(18,19)11-7-12;/h12-13H,4-11,20H2,1-3H3;1H/t13-,16+;/m0./s1. The number of carbonyl (C=O) groups is 1. The number of rotatable bonds is 4. The fraction of sp³-hybridized carbons (Fsp3) is 0.941. The topological polar surface area (TPSA) is 43.1 Å². The number of hydrogen-bond donors (Lipinski definition) is 1. The Balaban J connectivity index is 0.00000242. The highest BCUT2D eigenvalue weighted by atomic mass is 35.5. The summed E-state index contributed by atoms with van der Waals surface area (Å²) in [4.78, 5) is 12.3. The zero-order valence-corrected chi connectivity index (χ0v) is 14.8. The van der Waals surface area contributed by atoms with Gasteiger partial charge >= 0.3 is 0 Å². The van der Waals surface area contributed by atoms with Crippen molar-refractivity contribution in [3.05, 3.63) is 0 Å². The average Bonchev–Trinajstić information content (AvgIpc) is 2.57. The molecule has 2 N–H and O–H groups in total. The van der Waals surface area contributed by atoms with Gasteiger partial charge in [-0.25, -0.2) is 8.78 Å². The van der Waals surface area contributed by atoms with E-state index in [-0.39, 0.29) is 47.9 Å². The molecule has 2 atom stereocenters. The van der Waals surface area contributed by atoms with E-state index in [4.69, 9.17) is 5.73 Å². The van der Waals surface area contributed by atoms with Crippen molar-refractivity contribution < 1.29 is 13.6 Å². The van der Waals surface area contributed by atoms with E-state index >= 15 is 0 Å². The number of halogens is 3. The lowest BCUT2D eigenvalue weighted by molar-refractivity contribution is -0.127. The summed E-state index contributed by atoms with van der Waals surface area (Å²) >= 11 is 0. The van der Waals surface area contributed by atoms with Gasteiger partial charge in [0.15, 0.2) is 0 Å². The Morgan fingerprint density at radius 2 is 1.64 bits per heavy atom. The summed E-state index contributed by atoms with van der Waals surface area (Å²) in [5.74, 6) is -2.04. The van der Waals surface area contributed by atoms with Crippen molar-refractivity contribution in [1.82, 2.24) is 0 Å². The molecule has 2 aliphatic rings. The van der Waals surface area contributed by atoms with Gasteiger partial charge in [-0.1, -0.05) is 13.8 Å². The van der Waals surface area contributed by atoms with Crippen LogP contribution in [0.25, 0.3) is 0 Å². The van der Waals surface area contributed by atoms with E-state index in [1.807, 2.05) is 0 Å². The lowest BCUT2D eigenvalue weighted by Gasteiger charge is -2.39. The summed E-state index contributed by atoms with van der Waals surface area (Å²) in [6.45, 7) is 6.48. The third-order valence-corrected chi connectivity index (χ3v) is 6.42. The van der Waals surface area contributed by atoms with Gasteiger partial charge in [0.1, 0.15) is 5.78 Å². The van der Waals surface area contributed by atoms with Crippen molar-refractivity contribution in [2.45, 2.75) is 83.6 Å². The number of hydrogen-bond acceptors (Lipinski definition) is 2. The molecule has 0 bridgehead atoms. The molecular formula is C17H30ClF2NO. The summed E-state index contributed by atoms with van der Waals surface area (Å²) in [7, 11) is 0. The van der Waals surface area contributed by atoms with Crippen molar-refractivity contribution in [3.8, 4) is 0 Å². The Kier molecular flexibility index (Phi) is 6.06. The number of Topliss-reactive ketones (excluding diaryl/α,β-unsaturated/α-hetero) is 1. The molecule has 5 heteroatoms. The van der Waals surface area contributed by atoms with Gasteiger partial charge < -0.3 is 5.73 Å². The molecular weight excluding hydrogens is 308 g/mol. The van der Waals surface area contributed by atoms with Crippen molar-refractivity contribution in [2.75, 3.05) is 0 Å². The summed E-state index contributed by atoms with van der Waals surface area (Å²) in [5.41, 5.74) is 6.22. The van der Waals surface area contributed by atoms with E-state index in [2.05, 4.69) is 20.8 Å². The van der Waals surface area contributed by atoms with E-state index in [0.717, 1.165) is 19.3 Å². The molecule has 2 fully saturated rings. The van der Waals surface area contributed by atoms with Gasteiger partial charge in [0.25, 0.3) is 0 Å². The van der Waals surface area contributed by atoms with E-state index in [1.165, 1.54) is 0 Å². The largest absolute Gasteiger partial charge is 0.325 e. The lowest BCUT2D eigenvalue weighted by atomic mass is 9.70. The van der Waals surface area contributed by atoms with Crippen LogP contribution in [0.1, 0.15) is 72.1 Å². The van der Waals surface area contributed by atoms with Crippen molar-refractivity contribution in [1.29, 1.82) is 0 Å². The van der Waals surface area contributed by atoms with Crippen LogP contribution in [0.2, 0.25) is 0 Å². The normalized spacial score (nSPS) is 34.2. The second-order valence-electron chi connectivity index (χ2n) is 8.01. The quantitative estimate of drug-likeness (QED) is 0.805. The van der Waals surface area contributed by atoms with Gasteiger partial charge in [-0.05, 0) is 50.4 Å². The lowest BCUT2D eigenvalue weighted by Crippen LogP contribution is -2.48. The fourth-order valence-corrected chi connectivity index (χ4v) is 4.01. The highest BCUT2D eigenvalue weighted by molar-refractivity contribution is 5.85. The molecule has 2 nitrogen and oxygen atoms in total. The maximum atomic E-state index is 13.1. The van der Waals surface area contributed by atoms with Crippen molar-refractivity contribution in [2.24, 2.45) is 23.0 Å². The van der Waals surface area contributed by atoms with Crippen LogP contribution in [0.15, 0.2) is 0 Å². The van der Waals surface area contributed by atoms with Gasteiger partial charge in [0, 0.05) is 30.7 Å². The summed E-state index contributed by atoms with van der Waals surface area (Å²) in [5, 5.41) is 0. The molecule has 0 radical (unpaired) electrons. The number of alkyl halides is 2. The van der Waals surface area contributed by atoms with Crippen LogP contribution in [-0.4, -0.2) is 17.2 Å². The molecule has 0 amide bonds. The smallest absolute Gasteiger partial charge is 0.248 e. The first kappa shape index (κ1) is 19.8. The molecule has 0 saturated heterocycles. The molecule has 0 aliphatic heterocycles. The fourth-order valence-electron chi connectivity index (χ4n) is 4.01. The van der Waals surface area contributed by atoms with Crippen LogP contribution in [0, 0.1) is 17.3 Å². The molecule has 22 heavy (non-hydrogen) atoms. The molecule has 0 unspecified atom stereocenters. The summed E-state index contributed by atoms with van der Waals surface area (Å²) < 4.78 is 26.3. The first-order chi connectivity index (χ1) is 9.55. The predicted molar refractivity (Wildman–Crippen MR) is 87.5 cm³/mol. The first-order valence-corrected chi connectivity index (χ1v) is 8.25. The van der Waals surface area contributed by atoms with Crippen LogP contribution in [-0.2, 0) is 4.79 Å². The second kappa shape index (κ2) is 6.72. The van der Waals surface area contributed by atoms with Crippen molar-refractivity contribution >= 4 is 18.2 Å². The number of ketones is 1. The second-order valence-corrected chi connectivity index (χ2v) is 8.01.